The smallest absolute Gasteiger partial charge is 0.277 e. The molecule has 2 aromatic carbocycles. The summed E-state index contributed by atoms with van der Waals surface area (Å²) in [4.78, 5) is 14.6. The Morgan fingerprint density at radius 1 is 1.29 bits per heavy atom. The average molecular weight is 424 g/mol. The summed E-state index contributed by atoms with van der Waals surface area (Å²) in [6.45, 7) is 12.0. The van der Waals surface area contributed by atoms with Crippen LogP contribution in [0.5, 0.6) is 11.5 Å². The number of hydrogen-bond acceptors (Lipinski definition) is 5. The van der Waals surface area contributed by atoms with Gasteiger partial charge in [0.1, 0.15) is 0 Å². The summed E-state index contributed by atoms with van der Waals surface area (Å²) in [5.74, 6) is 1.24. The van der Waals surface area contributed by atoms with Gasteiger partial charge in [-0.25, -0.2) is 5.43 Å². The van der Waals surface area contributed by atoms with Gasteiger partial charge >= 0.3 is 0 Å². The van der Waals surface area contributed by atoms with Crippen molar-refractivity contribution in [3.05, 3.63) is 53.1 Å². The van der Waals surface area contributed by atoms with Crippen molar-refractivity contribution in [3.8, 4) is 11.5 Å². The molecule has 0 saturated carbocycles. The Labute approximate surface area is 185 Å². The fourth-order valence-electron chi connectivity index (χ4n) is 4.48. The zero-order chi connectivity index (χ0) is 22.6. The molecule has 6 nitrogen and oxygen atoms in total. The van der Waals surface area contributed by atoms with E-state index >= 15 is 0 Å². The lowest BCUT2D eigenvalue weighted by atomic mass is 9.79. The molecule has 166 valence electrons. The molecule has 0 radical (unpaired) electrons. The van der Waals surface area contributed by atoms with Gasteiger partial charge in [0.25, 0.3) is 5.91 Å². The second-order valence-corrected chi connectivity index (χ2v) is 8.66. The fourth-order valence-corrected chi connectivity index (χ4v) is 4.48. The normalized spacial score (nSPS) is 17.4. The molecular formula is C25H33N3O3. The molecular weight excluding hydrogens is 390 g/mol. The zero-order valence-electron chi connectivity index (χ0n) is 19.4. The van der Waals surface area contributed by atoms with Crippen LogP contribution in [0.15, 0.2) is 41.5 Å². The Kier molecular flexibility index (Phi) is 6.88. The van der Waals surface area contributed by atoms with Gasteiger partial charge in [-0.05, 0) is 81.0 Å². The van der Waals surface area contributed by atoms with E-state index in [2.05, 4.69) is 62.2 Å². The molecule has 31 heavy (non-hydrogen) atoms. The number of para-hydroxylation sites is 2. The molecule has 6 heteroatoms. The number of ether oxygens (including phenoxy) is 2. The minimum absolute atomic E-state index is 0.138. The number of hydrogen-bond donors (Lipinski definition) is 1. The highest BCUT2D eigenvalue weighted by Crippen LogP contribution is 2.44. The molecule has 1 unspecified atom stereocenters. The van der Waals surface area contributed by atoms with Gasteiger partial charge < -0.3 is 14.4 Å². The summed E-state index contributed by atoms with van der Waals surface area (Å²) in [5, 5.41) is 4.15. The number of aryl methyl sites for hydroxylation is 1. The highest BCUT2D eigenvalue weighted by atomic mass is 16.5. The van der Waals surface area contributed by atoms with Gasteiger partial charge in [0.05, 0.1) is 13.3 Å². The number of fused-ring (bicyclic) bond motifs is 1. The first kappa shape index (κ1) is 22.7. The van der Waals surface area contributed by atoms with Crippen LogP contribution in [0.1, 0.15) is 56.7 Å². The lowest BCUT2D eigenvalue weighted by molar-refractivity contribution is -0.123. The fraction of sp³-hybridized carbons (Fsp3) is 0.440. The summed E-state index contributed by atoms with van der Waals surface area (Å²) in [5.41, 5.74) is 7.45. The number of anilines is 1. The minimum atomic E-state index is -0.329. The van der Waals surface area contributed by atoms with Crippen LogP contribution in [0.4, 0.5) is 5.69 Å². The lowest BCUT2D eigenvalue weighted by Gasteiger charge is -2.47. The molecule has 0 fully saturated rings. The molecule has 0 bridgehead atoms. The van der Waals surface area contributed by atoms with Crippen molar-refractivity contribution in [2.24, 2.45) is 5.10 Å². The number of nitrogens with zero attached hydrogens (tertiary/aromatic N) is 2. The predicted molar refractivity (Wildman–Crippen MR) is 126 cm³/mol. The number of carbonyl (C=O) groups is 1. The quantitative estimate of drug-likeness (QED) is 0.520. The highest BCUT2D eigenvalue weighted by molar-refractivity contribution is 5.86. The van der Waals surface area contributed by atoms with Gasteiger partial charge in [-0.15, -0.1) is 0 Å². The SMILES string of the molecule is CCN1c2cc(C)c(/C=N/NC(=O)COc3ccccc3OC)cc2C(C)CC1(C)C. The second-order valence-electron chi connectivity index (χ2n) is 8.66. The van der Waals surface area contributed by atoms with E-state index in [0.717, 1.165) is 24.1 Å². The monoisotopic (exact) mass is 423 g/mol. The van der Waals surface area contributed by atoms with Crippen molar-refractivity contribution in [1.82, 2.24) is 5.43 Å². The Morgan fingerprint density at radius 3 is 2.68 bits per heavy atom. The van der Waals surface area contributed by atoms with Gasteiger partial charge in [0, 0.05) is 17.8 Å². The van der Waals surface area contributed by atoms with E-state index in [1.54, 1.807) is 25.5 Å². The van der Waals surface area contributed by atoms with Crippen LogP contribution < -0.4 is 19.8 Å². The molecule has 0 saturated heterocycles. The Morgan fingerprint density at radius 2 is 2.00 bits per heavy atom. The van der Waals surface area contributed by atoms with Crippen LogP contribution in [0.3, 0.4) is 0 Å². The van der Waals surface area contributed by atoms with E-state index in [4.69, 9.17) is 9.47 Å². The van der Waals surface area contributed by atoms with Gasteiger partial charge in [-0.3, -0.25) is 4.79 Å². The van der Waals surface area contributed by atoms with E-state index < -0.39 is 0 Å². The molecule has 1 atom stereocenters. The molecule has 1 N–H and O–H groups in total. The number of carbonyl (C=O) groups excluding carboxylic acids is 1. The molecule has 0 aromatic heterocycles. The molecule has 1 aliphatic heterocycles. The van der Waals surface area contributed by atoms with E-state index in [1.807, 2.05) is 12.1 Å². The Bertz CT molecular complexity index is 968. The average Bonchev–Trinajstić information content (AvgIpc) is 2.73. The van der Waals surface area contributed by atoms with Gasteiger partial charge in [-0.2, -0.15) is 5.10 Å². The molecule has 1 amide bonds. The maximum Gasteiger partial charge on any atom is 0.277 e. The molecule has 1 aliphatic rings. The summed E-state index contributed by atoms with van der Waals surface area (Å²) < 4.78 is 10.8. The van der Waals surface area contributed by atoms with E-state index in [1.165, 1.54) is 11.3 Å². The van der Waals surface area contributed by atoms with E-state index in [-0.39, 0.29) is 18.1 Å². The lowest BCUT2D eigenvalue weighted by Crippen LogP contribution is -2.48. The maximum absolute atomic E-state index is 12.1. The van der Waals surface area contributed by atoms with Gasteiger partial charge in [0.15, 0.2) is 18.1 Å². The first-order valence-electron chi connectivity index (χ1n) is 10.8. The Hall–Kier alpha value is -3.02. The van der Waals surface area contributed by atoms with Crippen LogP contribution in [0.25, 0.3) is 0 Å². The molecule has 0 spiro atoms. The summed E-state index contributed by atoms with van der Waals surface area (Å²) in [7, 11) is 1.56. The maximum atomic E-state index is 12.1. The zero-order valence-corrected chi connectivity index (χ0v) is 19.4. The third-order valence-electron chi connectivity index (χ3n) is 5.91. The van der Waals surface area contributed by atoms with Gasteiger partial charge in [0.2, 0.25) is 0 Å². The molecule has 3 rings (SSSR count). The molecule has 1 heterocycles. The van der Waals surface area contributed by atoms with Crippen molar-refractivity contribution in [3.63, 3.8) is 0 Å². The van der Waals surface area contributed by atoms with Crippen molar-refractivity contribution >= 4 is 17.8 Å². The number of nitrogens with one attached hydrogen (secondary N) is 1. The third kappa shape index (κ3) is 5.01. The number of benzene rings is 2. The van der Waals surface area contributed by atoms with Crippen LogP contribution in [-0.2, 0) is 4.79 Å². The summed E-state index contributed by atoms with van der Waals surface area (Å²) in [6.07, 6.45) is 2.81. The van der Waals surface area contributed by atoms with E-state index in [0.29, 0.717) is 17.4 Å². The number of hydrazone groups is 1. The first-order chi connectivity index (χ1) is 14.8. The van der Waals surface area contributed by atoms with E-state index in [9.17, 15) is 4.79 Å². The highest BCUT2D eigenvalue weighted by Gasteiger charge is 2.35. The number of rotatable bonds is 7. The summed E-state index contributed by atoms with van der Waals surface area (Å²) >= 11 is 0. The minimum Gasteiger partial charge on any atom is -0.493 e. The standard InChI is InChI=1S/C25H33N3O3/c1-7-28-21-12-17(2)19(13-20(21)18(3)14-25(28,4)5)15-26-27-24(29)16-31-23-11-9-8-10-22(23)30-6/h8-13,15,18H,7,14,16H2,1-6H3,(H,27,29)/b26-15+. The van der Waals surface area contributed by atoms with Crippen molar-refractivity contribution in [1.29, 1.82) is 0 Å². The predicted octanol–water partition coefficient (Wildman–Crippen LogP) is 4.64. The van der Waals surface area contributed by atoms with Crippen molar-refractivity contribution in [2.75, 3.05) is 25.2 Å². The molecule has 0 aliphatic carbocycles. The van der Waals surface area contributed by atoms with Crippen molar-refractivity contribution < 1.29 is 14.3 Å². The third-order valence-corrected chi connectivity index (χ3v) is 5.91. The Balaban J connectivity index is 1.67. The van der Waals surface area contributed by atoms with Crippen LogP contribution in [0.2, 0.25) is 0 Å². The van der Waals surface area contributed by atoms with Crippen LogP contribution in [0, 0.1) is 6.92 Å². The topological polar surface area (TPSA) is 63.2 Å². The second kappa shape index (κ2) is 9.41. The number of methoxy groups -OCH3 is 1. The number of amides is 1. The van der Waals surface area contributed by atoms with Crippen LogP contribution in [-0.4, -0.2) is 37.9 Å². The first-order valence-corrected chi connectivity index (χ1v) is 10.8. The van der Waals surface area contributed by atoms with Crippen molar-refractivity contribution in [2.45, 2.75) is 52.5 Å². The largest absolute Gasteiger partial charge is 0.493 e. The molecule has 2 aromatic rings. The summed E-state index contributed by atoms with van der Waals surface area (Å²) in [6, 6.07) is 11.7. The van der Waals surface area contributed by atoms with Crippen LogP contribution >= 0.6 is 0 Å². The van der Waals surface area contributed by atoms with Gasteiger partial charge in [-0.1, -0.05) is 19.1 Å².